The number of rotatable bonds is 5. The minimum atomic E-state index is -0.378. The normalized spacial score (nSPS) is 17.4. The molecule has 0 aromatic heterocycles. The fourth-order valence-electron chi connectivity index (χ4n) is 1.58. The van der Waals surface area contributed by atoms with E-state index < -0.39 is 0 Å². The van der Waals surface area contributed by atoms with E-state index in [9.17, 15) is 0 Å². The summed E-state index contributed by atoms with van der Waals surface area (Å²) < 4.78 is 11.1. The van der Waals surface area contributed by atoms with Crippen LogP contribution in [0.3, 0.4) is 0 Å². The quantitative estimate of drug-likeness (QED) is 0.827. The molecular formula is C12H17NO3S. The van der Waals surface area contributed by atoms with Crippen LogP contribution in [0.4, 0.5) is 0 Å². The van der Waals surface area contributed by atoms with Gasteiger partial charge in [-0.05, 0) is 17.7 Å². The monoisotopic (exact) mass is 255 g/mol. The summed E-state index contributed by atoms with van der Waals surface area (Å²) in [5, 5.41) is 9.01. The Hall–Kier alpha value is -0.910. The van der Waals surface area contributed by atoms with Gasteiger partial charge in [0.1, 0.15) is 6.10 Å². The lowest BCUT2D eigenvalue weighted by Gasteiger charge is -2.27. The Morgan fingerprint density at radius 1 is 1.47 bits per heavy atom. The third-order valence-electron chi connectivity index (χ3n) is 2.71. The highest BCUT2D eigenvalue weighted by Crippen LogP contribution is 2.33. The van der Waals surface area contributed by atoms with Crippen LogP contribution in [0.25, 0.3) is 0 Å². The van der Waals surface area contributed by atoms with Gasteiger partial charge in [-0.3, -0.25) is 0 Å². The van der Waals surface area contributed by atoms with Gasteiger partial charge in [-0.1, -0.05) is 6.07 Å². The van der Waals surface area contributed by atoms with Crippen LogP contribution in [-0.2, 0) is 0 Å². The molecule has 1 saturated heterocycles. The van der Waals surface area contributed by atoms with Crippen LogP contribution in [0.5, 0.6) is 11.5 Å². The number of ether oxygens (including phenoxy) is 2. The second kappa shape index (κ2) is 5.62. The van der Waals surface area contributed by atoms with Gasteiger partial charge in [-0.2, -0.15) is 11.8 Å². The molecule has 1 fully saturated rings. The number of hydrogen-bond donors (Lipinski definition) is 2. The van der Waals surface area contributed by atoms with E-state index in [-0.39, 0.29) is 18.8 Å². The maximum absolute atomic E-state index is 9.01. The van der Waals surface area contributed by atoms with Crippen molar-refractivity contribution in [2.45, 2.75) is 12.1 Å². The van der Waals surface area contributed by atoms with Gasteiger partial charge in [-0.15, -0.1) is 0 Å². The lowest BCUT2D eigenvalue weighted by atomic mass is 10.1. The van der Waals surface area contributed by atoms with Crippen LogP contribution in [-0.4, -0.2) is 36.4 Å². The first-order valence-corrected chi connectivity index (χ1v) is 6.69. The zero-order valence-electron chi connectivity index (χ0n) is 9.76. The molecule has 1 atom stereocenters. The third-order valence-corrected chi connectivity index (χ3v) is 3.93. The van der Waals surface area contributed by atoms with E-state index in [1.807, 2.05) is 30.0 Å². The van der Waals surface area contributed by atoms with Crippen LogP contribution in [0, 0.1) is 0 Å². The Kier molecular flexibility index (Phi) is 4.15. The molecule has 0 aliphatic carbocycles. The van der Waals surface area contributed by atoms with Crippen LogP contribution in [0.1, 0.15) is 11.6 Å². The van der Waals surface area contributed by atoms with Crippen molar-refractivity contribution < 1.29 is 14.6 Å². The second-order valence-corrected chi connectivity index (χ2v) is 5.05. The highest BCUT2D eigenvalue weighted by Gasteiger charge is 2.21. The van der Waals surface area contributed by atoms with Gasteiger partial charge < -0.3 is 20.3 Å². The first-order valence-electron chi connectivity index (χ1n) is 5.53. The summed E-state index contributed by atoms with van der Waals surface area (Å²) in [6.45, 7) is -0.0807. The van der Waals surface area contributed by atoms with E-state index >= 15 is 0 Å². The molecule has 94 valence electrons. The minimum Gasteiger partial charge on any atom is -0.493 e. The molecule has 2 rings (SSSR count). The summed E-state index contributed by atoms with van der Waals surface area (Å²) in [6, 6.07) is 5.16. The number of benzene rings is 1. The fourth-order valence-corrected chi connectivity index (χ4v) is 2.14. The molecule has 1 aromatic carbocycles. The molecule has 5 heteroatoms. The van der Waals surface area contributed by atoms with Gasteiger partial charge in [-0.25, -0.2) is 0 Å². The summed E-state index contributed by atoms with van der Waals surface area (Å²) in [6.07, 6.45) is 0.284. The van der Waals surface area contributed by atoms with Crippen molar-refractivity contribution in [3.63, 3.8) is 0 Å². The lowest BCUT2D eigenvalue weighted by Crippen LogP contribution is -2.31. The van der Waals surface area contributed by atoms with Crippen molar-refractivity contribution in [3.05, 3.63) is 23.8 Å². The summed E-state index contributed by atoms with van der Waals surface area (Å²) in [4.78, 5) is 0. The van der Waals surface area contributed by atoms with Crippen molar-refractivity contribution in [1.29, 1.82) is 0 Å². The molecule has 0 bridgehead atoms. The number of nitrogens with two attached hydrogens (primary N) is 1. The topological polar surface area (TPSA) is 64.7 Å². The molecule has 1 unspecified atom stereocenters. The van der Waals surface area contributed by atoms with E-state index in [0.29, 0.717) is 5.75 Å². The van der Waals surface area contributed by atoms with Gasteiger partial charge in [0, 0.05) is 11.5 Å². The molecule has 0 spiro atoms. The summed E-state index contributed by atoms with van der Waals surface area (Å²) in [5.41, 5.74) is 6.60. The smallest absolute Gasteiger partial charge is 0.161 e. The minimum absolute atomic E-state index is 0.0807. The Bertz CT molecular complexity index is 382. The molecule has 0 saturated carbocycles. The first-order chi connectivity index (χ1) is 8.24. The maximum Gasteiger partial charge on any atom is 0.161 e. The van der Waals surface area contributed by atoms with Crippen molar-refractivity contribution in [1.82, 2.24) is 0 Å². The zero-order valence-corrected chi connectivity index (χ0v) is 10.6. The van der Waals surface area contributed by atoms with E-state index in [1.165, 1.54) is 0 Å². The first kappa shape index (κ1) is 12.5. The number of aliphatic hydroxyl groups is 1. The van der Waals surface area contributed by atoms with Gasteiger partial charge in [0.05, 0.1) is 19.8 Å². The van der Waals surface area contributed by atoms with E-state index in [1.54, 1.807) is 7.11 Å². The lowest BCUT2D eigenvalue weighted by molar-refractivity contribution is 0.227. The van der Waals surface area contributed by atoms with E-state index in [0.717, 1.165) is 22.8 Å². The highest BCUT2D eigenvalue weighted by atomic mass is 32.2. The Morgan fingerprint density at radius 3 is 2.76 bits per heavy atom. The van der Waals surface area contributed by atoms with E-state index in [2.05, 4.69) is 0 Å². The molecule has 1 aromatic rings. The van der Waals surface area contributed by atoms with Crippen molar-refractivity contribution >= 4 is 11.8 Å². The molecular weight excluding hydrogens is 238 g/mol. The number of thioether (sulfide) groups is 1. The van der Waals surface area contributed by atoms with Crippen LogP contribution >= 0.6 is 11.8 Å². The number of hydrogen-bond acceptors (Lipinski definition) is 5. The summed E-state index contributed by atoms with van der Waals surface area (Å²) in [5.74, 6) is 3.47. The SMILES string of the molecule is COc1cc(C(N)CO)ccc1OC1CSC1. The molecule has 0 amide bonds. The molecule has 3 N–H and O–H groups in total. The molecule has 1 aliphatic rings. The third kappa shape index (κ3) is 2.86. The van der Waals surface area contributed by atoms with E-state index in [4.69, 9.17) is 20.3 Å². The number of aliphatic hydroxyl groups excluding tert-OH is 1. The molecule has 17 heavy (non-hydrogen) atoms. The molecule has 4 nitrogen and oxygen atoms in total. The van der Waals surface area contributed by atoms with Crippen LogP contribution < -0.4 is 15.2 Å². The summed E-state index contributed by atoms with van der Waals surface area (Å²) >= 11 is 1.87. The van der Waals surface area contributed by atoms with Crippen LogP contribution in [0.2, 0.25) is 0 Å². The molecule has 1 aliphatic heterocycles. The van der Waals surface area contributed by atoms with Gasteiger partial charge in [0.2, 0.25) is 0 Å². The average molecular weight is 255 g/mol. The highest BCUT2D eigenvalue weighted by molar-refractivity contribution is 8.00. The Balaban J connectivity index is 2.15. The van der Waals surface area contributed by atoms with Gasteiger partial charge >= 0.3 is 0 Å². The summed E-state index contributed by atoms with van der Waals surface area (Å²) in [7, 11) is 1.60. The number of methoxy groups -OCH3 is 1. The van der Waals surface area contributed by atoms with Crippen molar-refractivity contribution in [2.24, 2.45) is 5.73 Å². The van der Waals surface area contributed by atoms with Gasteiger partial charge in [0.15, 0.2) is 11.5 Å². The van der Waals surface area contributed by atoms with Gasteiger partial charge in [0.25, 0.3) is 0 Å². The van der Waals surface area contributed by atoms with Crippen molar-refractivity contribution in [3.8, 4) is 11.5 Å². The average Bonchev–Trinajstić information content (AvgIpc) is 2.32. The predicted octanol–water partition coefficient (Wildman–Crippen LogP) is 1.18. The second-order valence-electron chi connectivity index (χ2n) is 3.98. The zero-order chi connectivity index (χ0) is 12.3. The Morgan fingerprint density at radius 2 is 2.24 bits per heavy atom. The maximum atomic E-state index is 9.01. The largest absolute Gasteiger partial charge is 0.493 e. The molecule has 0 radical (unpaired) electrons. The predicted molar refractivity (Wildman–Crippen MR) is 68.7 cm³/mol. The fraction of sp³-hybridized carbons (Fsp3) is 0.500. The molecule has 1 heterocycles. The standard InChI is InChI=1S/C12H17NO3S/c1-15-12-4-8(10(13)5-14)2-3-11(12)16-9-6-17-7-9/h2-4,9-10,14H,5-7,13H2,1H3. The van der Waals surface area contributed by atoms with Crippen LogP contribution in [0.15, 0.2) is 18.2 Å². The Labute approximate surface area is 105 Å². The van der Waals surface area contributed by atoms with Crippen molar-refractivity contribution in [2.75, 3.05) is 25.2 Å².